The summed E-state index contributed by atoms with van der Waals surface area (Å²) in [6, 6.07) is 8.84. The molecule has 1 rings (SSSR count). The van der Waals surface area contributed by atoms with Gasteiger partial charge in [-0.1, -0.05) is 30.3 Å². The van der Waals surface area contributed by atoms with Crippen LogP contribution in [0.4, 0.5) is 0 Å². The summed E-state index contributed by atoms with van der Waals surface area (Å²) < 4.78 is 39.5. The lowest BCUT2D eigenvalue weighted by atomic mass is 10.2. The first kappa shape index (κ1) is 15.7. The molecule has 5 nitrogen and oxygen atoms in total. The minimum absolute atomic E-state index is 0.0894. The van der Waals surface area contributed by atoms with Crippen LogP contribution in [0.2, 0.25) is 0 Å². The van der Waals surface area contributed by atoms with E-state index in [-0.39, 0.29) is 5.75 Å². The number of primary sulfonamides is 1. The number of sulfonamides is 1. The lowest BCUT2D eigenvalue weighted by Crippen LogP contribution is -2.14. The number of hydrogen-bond acceptors (Lipinski definition) is 4. The average Bonchev–Trinajstić information content (AvgIpc) is 1.99. The fourth-order valence-corrected chi connectivity index (χ4v) is 1.46. The quantitative estimate of drug-likeness (QED) is 0.830. The van der Waals surface area contributed by atoms with Gasteiger partial charge in [0.25, 0.3) is 0 Å². The Balaban J connectivity index is 0.000000385. The predicted molar refractivity (Wildman–Crippen MR) is 63.9 cm³/mol. The van der Waals surface area contributed by atoms with Crippen molar-refractivity contribution in [1.29, 1.82) is 0 Å². The van der Waals surface area contributed by atoms with Gasteiger partial charge in [-0.2, -0.15) is 8.42 Å². The van der Waals surface area contributed by atoms with Crippen molar-refractivity contribution in [3.8, 4) is 0 Å². The lowest BCUT2D eigenvalue weighted by molar-refractivity contribution is 0.597. The Morgan fingerprint density at radius 2 is 1.38 bits per heavy atom. The summed E-state index contributed by atoms with van der Waals surface area (Å²) in [5.74, 6) is -0.0894. The van der Waals surface area contributed by atoms with E-state index in [1.54, 1.807) is 24.3 Å². The van der Waals surface area contributed by atoms with E-state index in [2.05, 4.69) is 21.4 Å². The summed E-state index contributed by atoms with van der Waals surface area (Å²) in [6.45, 7) is 0. The van der Waals surface area contributed by atoms with Crippen LogP contribution in [0.1, 0.15) is 5.56 Å². The largest absolute Gasteiger partial charge is 0.317 e. The number of rotatable bonds is 2. The Morgan fingerprint density at radius 1 is 1.00 bits per heavy atom. The Kier molecular flexibility index (Phi) is 6.27. The van der Waals surface area contributed by atoms with E-state index in [1.165, 1.54) is 0 Å². The van der Waals surface area contributed by atoms with Crippen molar-refractivity contribution in [3.05, 3.63) is 35.9 Å². The molecule has 9 heteroatoms. The fraction of sp³-hybridized carbons (Fsp3) is 0.143. The van der Waals surface area contributed by atoms with E-state index in [0.717, 1.165) is 5.56 Å². The van der Waals surface area contributed by atoms with Gasteiger partial charge >= 0.3 is 8.26 Å². The van der Waals surface area contributed by atoms with Gasteiger partial charge in [0, 0.05) is 21.4 Å². The second-order valence-electron chi connectivity index (χ2n) is 2.67. The van der Waals surface area contributed by atoms with E-state index in [1.807, 2.05) is 6.07 Å². The van der Waals surface area contributed by atoms with Crippen LogP contribution < -0.4 is 5.14 Å². The van der Waals surface area contributed by atoms with E-state index in [0.29, 0.717) is 0 Å². The van der Waals surface area contributed by atoms with E-state index in [9.17, 15) is 8.42 Å². The molecule has 16 heavy (non-hydrogen) atoms. The van der Waals surface area contributed by atoms with Gasteiger partial charge in [-0.25, -0.2) is 13.6 Å². The zero-order valence-electron chi connectivity index (χ0n) is 7.88. The zero-order chi connectivity index (χ0) is 12.8. The van der Waals surface area contributed by atoms with Crippen LogP contribution in [0.5, 0.6) is 0 Å². The maximum absolute atomic E-state index is 10.6. The summed E-state index contributed by atoms with van der Waals surface area (Å²) in [5, 5.41) is 4.84. The second-order valence-corrected chi connectivity index (χ2v) is 7.95. The van der Waals surface area contributed by atoms with Gasteiger partial charge < -0.3 is 0 Å². The van der Waals surface area contributed by atoms with E-state index >= 15 is 0 Å². The van der Waals surface area contributed by atoms with Gasteiger partial charge in [-0.3, -0.25) is 0 Å². The molecule has 0 atom stereocenters. The van der Waals surface area contributed by atoms with Gasteiger partial charge in [0.1, 0.15) is 0 Å². The van der Waals surface area contributed by atoms with Gasteiger partial charge in [-0.15, -0.1) is 0 Å². The highest BCUT2D eigenvalue weighted by molar-refractivity contribution is 8.31. The molecule has 0 amide bonds. The van der Waals surface area contributed by atoms with Crippen molar-refractivity contribution in [3.63, 3.8) is 0 Å². The second kappa shape index (κ2) is 6.41. The molecule has 0 aliphatic heterocycles. The smallest absolute Gasteiger partial charge is 0.228 e. The summed E-state index contributed by atoms with van der Waals surface area (Å²) in [5.41, 5.74) is 0.718. The first-order valence-corrected chi connectivity index (χ1v) is 8.61. The highest BCUT2D eigenvalue weighted by Gasteiger charge is 2.02. The van der Waals surface area contributed by atoms with Crippen LogP contribution in [0.3, 0.4) is 0 Å². The molecule has 0 radical (unpaired) electrons. The molecule has 1 aromatic carbocycles. The summed E-state index contributed by atoms with van der Waals surface area (Å²) >= 11 is 0. The molecular weight excluding hydrogens is 297 g/mol. The van der Waals surface area contributed by atoms with Crippen molar-refractivity contribution in [1.82, 2.24) is 0 Å². The van der Waals surface area contributed by atoms with Crippen LogP contribution in [0, 0.1) is 0 Å². The molecule has 0 saturated heterocycles. The van der Waals surface area contributed by atoms with Gasteiger partial charge in [-0.05, 0) is 5.56 Å². The molecule has 0 aliphatic carbocycles. The van der Waals surface area contributed by atoms with Crippen molar-refractivity contribution in [2.75, 3.05) is 0 Å². The summed E-state index contributed by atoms with van der Waals surface area (Å²) in [4.78, 5) is 0. The molecule has 1 aromatic rings. The molecule has 0 unspecified atom stereocenters. The first-order chi connectivity index (χ1) is 7.08. The number of benzene rings is 1. The van der Waals surface area contributed by atoms with Crippen LogP contribution in [-0.4, -0.2) is 16.8 Å². The molecular formula is C7H9Cl2NO4S2. The standard InChI is InChI=1S/C7H9NO2S.Cl2O2S/c8-11(9,10)6-7-4-2-1-3-5-7;1-5(2,3)4/h1-5H,6H2,(H2,8,9,10);. The van der Waals surface area contributed by atoms with Crippen LogP contribution in [-0.2, 0) is 24.0 Å². The minimum atomic E-state index is -3.72. The third kappa shape index (κ3) is 13.7. The minimum Gasteiger partial charge on any atom is -0.228 e. The van der Waals surface area contributed by atoms with Gasteiger partial charge in [0.2, 0.25) is 10.0 Å². The Labute approximate surface area is 103 Å². The van der Waals surface area contributed by atoms with Crippen molar-refractivity contribution in [2.45, 2.75) is 5.75 Å². The average molecular weight is 306 g/mol. The molecule has 2 N–H and O–H groups in total. The van der Waals surface area contributed by atoms with E-state index < -0.39 is 18.3 Å². The Hall–Kier alpha value is -0.340. The van der Waals surface area contributed by atoms with Gasteiger partial charge in [0.15, 0.2) is 0 Å². The number of nitrogens with two attached hydrogens (primary N) is 1. The monoisotopic (exact) mass is 305 g/mol. The topological polar surface area (TPSA) is 94.3 Å². The zero-order valence-corrected chi connectivity index (χ0v) is 11.0. The maximum atomic E-state index is 10.6. The van der Waals surface area contributed by atoms with Gasteiger partial charge in [0.05, 0.1) is 5.75 Å². The normalized spacial score (nSPS) is 11.4. The third-order valence-corrected chi connectivity index (χ3v) is 1.95. The molecule has 0 fully saturated rings. The highest BCUT2D eigenvalue weighted by atomic mass is 36.0. The molecule has 0 bridgehead atoms. The number of halogens is 2. The van der Waals surface area contributed by atoms with Crippen molar-refractivity contribution < 1.29 is 16.8 Å². The first-order valence-electron chi connectivity index (χ1n) is 3.76. The fourth-order valence-electron chi connectivity index (χ4n) is 0.807. The Morgan fingerprint density at radius 3 is 1.69 bits per heavy atom. The third-order valence-electron chi connectivity index (χ3n) is 1.21. The number of hydrogen-bond donors (Lipinski definition) is 1. The molecule has 0 aromatic heterocycles. The highest BCUT2D eigenvalue weighted by Crippen LogP contribution is 2.01. The molecule has 0 spiro atoms. The van der Waals surface area contributed by atoms with Crippen LogP contribution in [0.25, 0.3) is 0 Å². The SMILES string of the molecule is NS(=O)(=O)Cc1ccccc1.O=S(=O)(Cl)Cl. The van der Waals surface area contributed by atoms with Crippen molar-refractivity contribution in [2.24, 2.45) is 5.14 Å². The van der Waals surface area contributed by atoms with Crippen LogP contribution in [0.15, 0.2) is 30.3 Å². The summed E-state index contributed by atoms with van der Waals surface area (Å²) in [7, 11) is 1.44. The molecule has 0 heterocycles. The van der Waals surface area contributed by atoms with Crippen LogP contribution >= 0.6 is 21.4 Å². The van der Waals surface area contributed by atoms with Crippen molar-refractivity contribution >= 4 is 39.7 Å². The molecule has 92 valence electrons. The Bertz CT molecular complexity index is 505. The van der Waals surface area contributed by atoms with E-state index in [4.69, 9.17) is 13.6 Å². The molecule has 0 aliphatic rings. The lowest BCUT2D eigenvalue weighted by Gasteiger charge is -1.96. The summed E-state index contributed by atoms with van der Waals surface area (Å²) in [6.07, 6.45) is 0. The predicted octanol–water partition coefficient (Wildman–Crippen LogP) is 1.18. The molecule has 0 saturated carbocycles. The maximum Gasteiger partial charge on any atom is 0.317 e.